The van der Waals surface area contributed by atoms with Crippen molar-refractivity contribution in [1.82, 2.24) is 0 Å². The zero-order chi connectivity index (χ0) is 25.4. The van der Waals surface area contributed by atoms with Gasteiger partial charge in [-0.25, -0.2) is 9.80 Å². The third-order valence-electron chi connectivity index (χ3n) is 5.70. The molecule has 3 aromatic rings. The van der Waals surface area contributed by atoms with Crippen molar-refractivity contribution in [3.05, 3.63) is 96.1 Å². The molecule has 2 heterocycles. The minimum absolute atomic E-state index is 0.343. The first-order valence-corrected chi connectivity index (χ1v) is 11.1. The molecule has 5 rings (SSSR count). The van der Waals surface area contributed by atoms with Crippen LogP contribution >= 0.6 is 0 Å². The van der Waals surface area contributed by atoms with Crippen molar-refractivity contribution in [2.24, 2.45) is 0 Å². The van der Waals surface area contributed by atoms with Gasteiger partial charge < -0.3 is 9.47 Å². The number of hydrogen-bond donors (Lipinski definition) is 0. The van der Waals surface area contributed by atoms with E-state index in [0.717, 1.165) is 20.9 Å². The molecule has 4 amide bonds. The number of nitrogens with zero attached hydrogens (tertiary/aromatic N) is 2. The molecule has 8 heteroatoms. The average Bonchev–Trinajstić information content (AvgIpc) is 3.36. The summed E-state index contributed by atoms with van der Waals surface area (Å²) in [6.45, 7) is 3.68. The van der Waals surface area contributed by atoms with E-state index in [2.05, 4.69) is 0 Å². The number of benzene rings is 3. The molecule has 0 fully saturated rings. The number of carbonyl (C=O) groups excluding carboxylic acids is 4. The van der Waals surface area contributed by atoms with E-state index in [9.17, 15) is 19.2 Å². The third kappa shape index (κ3) is 4.05. The van der Waals surface area contributed by atoms with Crippen LogP contribution in [0.1, 0.15) is 11.1 Å². The lowest BCUT2D eigenvalue weighted by molar-refractivity contribution is -0.121. The number of rotatable bonds is 6. The highest BCUT2D eigenvalue weighted by atomic mass is 16.5. The number of imide groups is 2. The van der Waals surface area contributed by atoms with Crippen LogP contribution in [-0.2, 0) is 19.2 Å². The summed E-state index contributed by atoms with van der Waals surface area (Å²) in [7, 11) is 0. The molecule has 2 aliphatic heterocycles. The van der Waals surface area contributed by atoms with E-state index in [1.807, 2.05) is 13.8 Å². The van der Waals surface area contributed by atoms with Gasteiger partial charge in [0.1, 0.15) is 11.5 Å². The Labute approximate surface area is 206 Å². The molecule has 0 saturated carbocycles. The maximum absolute atomic E-state index is 12.2. The molecule has 2 aliphatic rings. The van der Waals surface area contributed by atoms with Crippen LogP contribution in [0.15, 0.2) is 85.0 Å². The number of aryl methyl sites for hydroxylation is 2. The van der Waals surface area contributed by atoms with Gasteiger partial charge in [0.2, 0.25) is 0 Å². The van der Waals surface area contributed by atoms with Gasteiger partial charge in [0.15, 0.2) is 11.5 Å². The summed E-state index contributed by atoms with van der Waals surface area (Å²) in [6.07, 6.45) is 4.88. The Morgan fingerprint density at radius 3 is 1.39 bits per heavy atom. The summed E-state index contributed by atoms with van der Waals surface area (Å²) in [5.74, 6) is -0.00412. The third-order valence-corrected chi connectivity index (χ3v) is 5.70. The van der Waals surface area contributed by atoms with Gasteiger partial charge in [-0.05, 0) is 61.4 Å². The first kappa shape index (κ1) is 22.8. The number of amides is 4. The fourth-order valence-corrected chi connectivity index (χ4v) is 4.10. The quantitative estimate of drug-likeness (QED) is 0.473. The lowest BCUT2D eigenvalue weighted by atomic mass is 10.1. The summed E-state index contributed by atoms with van der Waals surface area (Å²) in [5, 5.41) is 0. The first-order chi connectivity index (χ1) is 17.3. The van der Waals surface area contributed by atoms with Gasteiger partial charge in [-0.15, -0.1) is 0 Å². The van der Waals surface area contributed by atoms with Crippen molar-refractivity contribution in [2.75, 3.05) is 9.80 Å². The molecule has 0 aromatic heterocycles. The summed E-state index contributed by atoms with van der Waals surface area (Å²) in [6, 6.07) is 17.1. The monoisotopic (exact) mass is 480 g/mol. The Kier molecular flexibility index (Phi) is 5.69. The summed E-state index contributed by atoms with van der Waals surface area (Å²) in [4.78, 5) is 50.9. The Bertz CT molecular complexity index is 1440. The second-order valence-corrected chi connectivity index (χ2v) is 8.22. The summed E-state index contributed by atoms with van der Waals surface area (Å²) >= 11 is 0. The van der Waals surface area contributed by atoms with Gasteiger partial charge >= 0.3 is 0 Å². The van der Waals surface area contributed by atoms with Gasteiger partial charge in [0, 0.05) is 24.3 Å². The highest BCUT2D eigenvalue weighted by Gasteiger charge is 2.29. The van der Waals surface area contributed by atoms with E-state index in [0.29, 0.717) is 34.4 Å². The zero-order valence-electron chi connectivity index (χ0n) is 19.4. The fraction of sp³-hybridized carbons (Fsp3) is 0.0714. The summed E-state index contributed by atoms with van der Waals surface area (Å²) in [5.41, 5.74) is 2.17. The predicted octanol–water partition coefficient (Wildman–Crippen LogP) is 4.75. The molecule has 0 spiro atoms. The highest BCUT2D eigenvalue weighted by molar-refractivity contribution is 6.29. The zero-order valence-corrected chi connectivity index (χ0v) is 19.4. The Morgan fingerprint density at radius 2 is 0.944 bits per heavy atom. The largest absolute Gasteiger partial charge is 0.455 e. The first-order valence-electron chi connectivity index (χ1n) is 11.1. The molecule has 0 saturated heterocycles. The molecule has 36 heavy (non-hydrogen) atoms. The molecule has 0 radical (unpaired) electrons. The van der Waals surface area contributed by atoms with Crippen molar-refractivity contribution < 1.29 is 28.7 Å². The Hall–Kier alpha value is -4.98. The molecule has 0 atom stereocenters. The molecular weight excluding hydrogens is 460 g/mol. The lowest BCUT2D eigenvalue weighted by Crippen LogP contribution is -2.29. The SMILES string of the molecule is Cc1cc(Oc2ccccc2N2C(=O)C=CC2=O)cc(C)c1Oc1ccccc1N1C(=O)C=CC1=O. The normalized spacial score (nSPS) is 14.8. The van der Waals surface area contributed by atoms with E-state index in [1.165, 1.54) is 24.3 Å². The van der Waals surface area contributed by atoms with E-state index >= 15 is 0 Å². The molecule has 0 unspecified atom stereocenters. The van der Waals surface area contributed by atoms with E-state index in [-0.39, 0.29) is 0 Å². The standard InChI is InChI=1S/C28H20N2O6/c1-17-15-19(35-22-9-5-3-7-20(22)29-24(31)11-12-25(29)32)16-18(2)28(17)36-23-10-6-4-8-21(23)30-26(33)13-14-27(30)34/h3-16H,1-2H3. The van der Waals surface area contributed by atoms with Crippen LogP contribution in [0.2, 0.25) is 0 Å². The number of para-hydroxylation sites is 4. The number of hydrogen-bond acceptors (Lipinski definition) is 6. The van der Waals surface area contributed by atoms with Gasteiger partial charge in [-0.2, -0.15) is 0 Å². The van der Waals surface area contributed by atoms with Crippen LogP contribution in [0.4, 0.5) is 11.4 Å². The average molecular weight is 480 g/mol. The molecule has 0 aliphatic carbocycles. The predicted molar refractivity (Wildman–Crippen MR) is 132 cm³/mol. The van der Waals surface area contributed by atoms with E-state index < -0.39 is 23.6 Å². The van der Waals surface area contributed by atoms with Crippen LogP contribution in [0, 0.1) is 13.8 Å². The maximum atomic E-state index is 12.2. The van der Waals surface area contributed by atoms with Crippen molar-refractivity contribution in [3.63, 3.8) is 0 Å². The van der Waals surface area contributed by atoms with Crippen molar-refractivity contribution in [1.29, 1.82) is 0 Å². The molecule has 3 aromatic carbocycles. The van der Waals surface area contributed by atoms with Crippen LogP contribution in [0.5, 0.6) is 23.0 Å². The molecule has 0 N–H and O–H groups in total. The minimum Gasteiger partial charge on any atom is -0.455 e. The number of anilines is 2. The highest BCUT2D eigenvalue weighted by Crippen LogP contribution is 2.40. The molecular formula is C28H20N2O6. The van der Waals surface area contributed by atoms with Crippen molar-refractivity contribution in [3.8, 4) is 23.0 Å². The van der Waals surface area contributed by atoms with Crippen LogP contribution in [0.3, 0.4) is 0 Å². The maximum Gasteiger partial charge on any atom is 0.258 e. The second-order valence-electron chi connectivity index (χ2n) is 8.22. The van der Waals surface area contributed by atoms with Gasteiger partial charge in [0.05, 0.1) is 11.4 Å². The summed E-state index contributed by atoms with van der Waals surface area (Å²) < 4.78 is 12.3. The smallest absolute Gasteiger partial charge is 0.258 e. The van der Waals surface area contributed by atoms with E-state index in [1.54, 1.807) is 60.7 Å². The van der Waals surface area contributed by atoms with Crippen LogP contribution < -0.4 is 19.3 Å². The Morgan fingerprint density at radius 1 is 0.556 bits per heavy atom. The van der Waals surface area contributed by atoms with Gasteiger partial charge in [-0.3, -0.25) is 19.2 Å². The van der Waals surface area contributed by atoms with Crippen LogP contribution in [-0.4, -0.2) is 23.6 Å². The topological polar surface area (TPSA) is 93.2 Å². The van der Waals surface area contributed by atoms with Gasteiger partial charge in [0.25, 0.3) is 23.6 Å². The van der Waals surface area contributed by atoms with E-state index in [4.69, 9.17) is 9.47 Å². The minimum atomic E-state index is -0.434. The Balaban J connectivity index is 1.44. The molecule has 0 bridgehead atoms. The van der Waals surface area contributed by atoms with Crippen LogP contribution in [0.25, 0.3) is 0 Å². The number of carbonyl (C=O) groups is 4. The van der Waals surface area contributed by atoms with Gasteiger partial charge in [-0.1, -0.05) is 24.3 Å². The molecule has 8 nitrogen and oxygen atoms in total. The lowest BCUT2D eigenvalue weighted by Gasteiger charge is -2.21. The second kappa shape index (κ2) is 8.99. The van der Waals surface area contributed by atoms with Crippen molar-refractivity contribution in [2.45, 2.75) is 13.8 Å². The van der Waals surface area contributed by atoms with Crippen molar-refractivity contribution >= 4 is 35.0 Å². The fourth-order valence-electron chi connectivity index (χ4n) is 4.10. The number of ether oxygens (including phenoxy) is 2. The molecule has 178 valence electrons.